The zero-order chi connectivity index (χ0) is 17.2. The van der Waals surface area contributed by atoms with Crippen LogP contribution in [0.25, 0.3) is 11.1 Å². The van der Waals surface area contributed by atoms with Crippen molar-refractivity contribution in [3.05, 3.63) is 54.4 Å². The molecule has 4 heteroatoms. The Kier molecular flexibility index (Phi) is 7.43. The molecule has 1 aromatic carbocycles. The van der Waals surface area contributed by atoms with Gasteiger partial charge in [-0.15, -0.1) is 0 Å². The minimum Gasteiger partial charge on any atom is -0.350 e. The zero-order valence-corrected chi connectivity index (χ0v) is 14.4. The number of carbonyl (C=O) groups excluding carboxylic acids is 1. The SMILES string of the molecule is CC(NC(=O)CCCCCCN)c1ccc(-c2ccncc2)cc1. The Morgan fingerprint density at radius 2 is 1.62 bits per heavy atom. The fourth-order valence-electron chi connectivity index (χ4n) is 2.69. The molecule has 0 fully saturated rings. The molecule has 0 aliphatic rings. The van der Waals surface area contributed by atoms with E-state index < -0.39 is 0 Å². The van der Waals surface area contributed by atoms with Gasteiger partial charge in [0, 0.05) is 18.8 Å². The maximum Gasteiger partial charge on any atom is 0.220 e. The fourth-order valence-corrected chi connectivity index (χ4v) is 2.69. The summed E-state index contributed by atoms with van der Waals surface area (Å²) in [6.07, 6.45) is 8.32. The second-order valence-corrected chi connectivity index (χ2v) is 6.10. The van der Waals surface area contributed by atoms with E-state index in [1.807, 2.05) is 19.1 Å². The van der Waals surface area contributed by atoms with Crippen LogP contribution in [0, 0.1) is 0 Å². The average molecular weight is 325 g/mol. The first-order valence-corrected chi connectivity index (χ1v) is 8.70. The smallest absolute Gasteiger partial charge is 0.220 e. The molecule has 0 aliphatic carbocycles. The van der Waals surface area contributed by atoms with Crippen molar-refractivity contribution in [2.45, 2.75) is 45.1 Å². The van der Waals surface area contributed by atoms with Gasteiger partial charge < -0.3 is 11.1 Å². The summed E-state index contributed by atoms with van der Waals surface area (Å²) in [5, 5.41) is 3.07. The molecule has 3 N–H and O–H groups in total. The van der Waals surface area contributed by atoms with Crippen LogP contribution in [0.1, 0.15) is 50.6 Å². The minimum absolute atomic E-state index is 0.0213. The van der Waals surface area contributed by atoms with Crippen LogP contribution >= 0.6 is 0 Å². The van der Waals surface area contributed by atoms with Crippen molar-refractivity contribution in [3.8, 4) is 11.1 Å². The summed E-state index contributed by atoms with van der Waals surface area (Å²) in [5.41, 5.74) is 8.88. The van der Waals surface area contributed by atoms with Gasteiger partial charge in [-0.05, 0) is 55.1 Å². The number of nitrogens with two attached hydrogens (primary N) is 1. The highest BCUT2D eigenvalue weighted by Gasteiger charge is 2.09. The van der Waals surface area contributed by atoms with Gasteiger partial charge in [0.1, 0.15) is 0 Å². The molecule has 1 heterocycles. The van der Waals surface area contributed by atoms with Crippen molar-refractivity contribution in [2.24, 2.45) is 5.73 Å². The minimum atomic E-state index is 0.0213. The molecule has 0 spiro atoms. The second kappa shape index (κ2) is 9.83. The largest absolute Gasteiger partial charge is 0.350 e. The monoisotopic (exact) mass is 325 g/mol. The van der Waals surface area contributed by atoms with E-state index in [0.29, 0.717) is 6.42 Å². The zero-order valence-electron chi connectivity index (χ0n) is 14.4. The van der Waals surface area contributed by atoms with Crippen molar-refractivity contribution < 1.29 is 4.79 Å². The Hall–Kier alpha value is -2.20. The van der Waals surface area contributed by atoms with Crippen LogP contribution in [0.2, 0.25) is 0 Å². The maximum atomic E-state index is 12.0. The average Bonchev–Trinajstić information content (AvgIpc) is 2.62. The first kappa shape index (κ1) is 18.1. The van der Waals surface area contributed by atoms with Gasteiger partial charge in [-0.2, -0.15) is 0 Å². The van der Waals surface area contributed by atoms with Crippen LogP contribution in [-0.2, 0) is 4.79 Å². The van der Waals surface area contributed by atoms with Crippen molar-refractivity contribution >= 4 is 5.91 Å². The molecule has 0 bridgehead atoms. The molecular weight excluding hydrogens is 298 g/mol. The first-order chi connectivity index (χ1) is 11.7. The number of hydrogen-bond donors (Lipinski definition) is 2. The lowest BCUT2D eigenvalue weighted by Crippen LogP contribution is -2.26. The molecule has 1 atom stereocenters. The van der Waals surface area contributed by atoms with Crippen molar-refractivity contribution in [2.75, 3.05) is 6.54 Å². The number of unbranched alkanes of at least 4 members (excludes halogenated alkanes) is 3. The van der Waals surface area contributed by atoms with Crippen LogP contribution in [0.4, 0.5) is 0 Å². The Morgan fingerprint density at radius 1 is 1.00 bits per heavy atom. The molecule has 0 radical (unpaired) electrons. The van der Waals surface area contributed by atoms with Crippen LogP contribution in [-0.4, -0.2) is 17.4 Å². The molecule has 128 valence electrons. The van der Waals surface area contributed by atoms with Gasteiger partial charge in [0.2, 0.25) is 5.91 Å². The van der Waals surface area contributed by atoms with E-state index in [1.54, 1.807) is 12.4 Å². The van der Waals surface area contributed by atoms with Gasteiger partial charge in [-0.1, -0.05) is 37.1 Å². The highest BCUT2D eigenvalue weighted by Crippen LogP contribution is 2.21. The lowest BCUT2D eigenvalue weighted by atomic mass is 10.0. The van der Waals surface area contributed by atoms with E-state index in [-0.39, 0.29) is 11.9 Å². The number of benzene rings is 1. The number of carbonyl (C=O) groups is 1. The standard InChI is InChI=1S/C20H27N3O/c1-16(23-20(24)6-4-2-3-5-13-21)17-7-9-18(10-8-17)19-11-14-22-15-12-19/h7-12,14-16H,2-6,13,21H2,1H3,(H,23,24). The molecule has 0 saturated carbocycles. The van der Waals surface area contributed by atoms with Gasteiger partial charge in [-0.25, -0.2) is 0 Å². The summed E-state index contributed by atoms with van der Waals surface area (Å²) in [5.74, 6) is 0.119. The van der Waals surface area contributed by atoms with Crippen molar-refractivity contribution in [1.29, 1.82) is 0 Å². The van der Waals surface area contributed by atoms with Crippen LogP contribution < -0.4 is 11.1 Å². The number of nitrogens with one attached hydrogen (secondary N) is 1. The van der Waals surface area contributed by atoms with Gasteiger partial charge in [0.05, 0.1) is 6.04 Å². The van der Waals surface area contributed by atoms with Crippen molar-refractivity contribution in [3.63, 3.8) is 0 Å². The third-order valence-corrected chi connectivity index (χ3v) is 4.16. The van der Waals surface area contributed by atoms with Gasteiger partial charge in [0.25, 0.3) is 0 Å². The van der Waals surface area contributed by atoms with Crippen molar-refractivity contribution in [1.82, 2.24) is 10.3 Å². The third kappa shape index (κ3) is 5.78. The fraction of sp³-hybridized carbons (Fsp3) is 0.400. The number of rotatable bonds is 9. The molecule has 2 rings (SSSR count). The highest BCUT2D eigenvalue weighted by atomic mass is 16.1. The summed E-state index contributed by atoms with van der Waals surface area (Å²) in [6, 6.07) is 12.3. The quantitative estimate of drug-likeness (QED) is 0.688. The molecule has 1 unspecified atom stereocenters. The van der Waals surface area contributed by atoms with E-state index in [9.17, 15) is 4.79 Å². The highest BCUT2D eigenvalue weighted by molar-refractivity contribution is 5.76. The molecule has 1 amide bonds. The number of aromatic nitrogens is 1. The second-order valence-electron chi connectivity index (χ2n) is 6.10. The molecule has 0 aliphatic heterocycles. The number of nitrogens with zero attached hydrogens (tertiary/aromatic N) is 1. The number of hydrogen-bond acceptors (Lipinski definition) is 3. The number of amides is 1. The molecular formula is C20H27N3O. The summed E-state index contributed by atoms with van der Waals surface area (Å²) in [7, 11) is 0. The Balaban J connectivity index is 1.82. The molecule has 1 aromatic heterocycles. The Labute approximate surface area is 144 Å². The summed E-state index contributed by atoms with van der Waals surface area (Å²) >= 11 is 0. The van der Waals surface area contributed by atoms with Gasteiger partial charge in [-0.3, -0.25) is 9.78 Å². The topological polar surface area (TPSA) is 68.0 Å². The van der Waals surface area contributed by atoms with E-state index in [2.05, 4.69) is 34.6 Å². The molecule has 2 aromatic rings. The van der Waals surface area contributed by atoms with E-state index in [0.717, 1.165) is 48.9 Å². The van der Waals surface area contributed by atoms with E-state index in [4.69, 9.17) is 5.73 Å². The predicted octanol–water partition coefficient (Wildman–Crippen LogP) is 3.84. The summed E-state index contributed by atoms with van der Waals surface area (Å²) in [6.45, 7) is 2.76. The van der Waals surface area contributed by atoms with Gasteiger partial charge in [0.15, 0.2) is 0 Å². The maximum absolute atomic E-state index is 12.0. The van der Waals surface area contributed by atoms with Crippen LogP contribution in [0.15, 0.2) is 48.8 Å². The van der Waals surface area contributed by atoms with Gasteiger partial charge >= 0.3 is 0 Å². The van der Waals surface area contributed by atoms with E-state index >= 15 is 0 Å². The number of pyridine rings is 1. The van der Waals surface area contributed by atoms with Crippen LogP contribution in [0.3, 0.4) is 0 Å². The first-order valence-electron chi connectivity index (χ1n) is 8.70. The summed E-state index contributed by atoms with van der Waals surface area (Å²) < 4.78 is 0. The molecule has 0 saturated heterocycles. The third-order valence-electron chi connectivity index (χ3n) is 4.16. The summed E-state index contributed by atoms with van der Waals surface area (Å²) in [4.78, 5) is 16.0. The lowest BCUT2D eigenvalue weighted by Gasteiger charge is -2.15. The lowest BCUT2D eigenvalue weighted by molar-refractivity contribution is -0.121. The Morgan fingerprint density at radius 3 is 2.29 bits per heavy atom. The van der Waals surface area contributed by atoms with Crippen LogP contribution in [0.5, 0.6) is 0 Å². The van der Waals surface area contributed by atoms with E-state index in [1.165, 1.54) is 0 Å². The molecule has 24 heavy (non-hydrogen) atoms. The normalized spacial score (nSPS) is 11.9. The predicted molar refractivity (Wildman–Crippen MR) is 98.4 cm³/mol. The Bertz CT molecular complexity index is 611. The molecule has 4 nitrogen and oxygen atoms in total.